The van der Waals surface area contributed by atoms with Crippen molar-refractivity contribution >= 4 is 5.91 Å². The standard InChI is InChI=1S/C11H20N2O2/c1-8-7-15-6-5-13(8)11(14)10-3-4-12-9(10)2/h8-10,12H,3-7H2,1-2H3. The second-order valence-corrected chi connectivity index (χ2v) is 4.59. The molecule has 3 unspecified atom stereocenters. The Bertz CT molecular complexity index is 245. The van der Waals surface area contributed by atoms with Crippen LogP contribution in [0, 0.1) is 5.92 Å². The Morgan fingerprint density at radius 2 is 2.27 bits per heavy atom. The number of ether oxygens (including phenoxy) is 1. The first-order valence-corrected chi connectivity index (χ1v) is 5.81. The molecule has 4 heteroatoms. The molecule has 2 saturated heterocycles. The van der Waals surface area contributed by atoms with Gasteiger partial charge in [-0.1, -0.05) is 0 Å². The lowest BCUT2D eigenvalue weighted by atomic mass is 9.99. The summed E-state index contributed by atoms with van der Waals surface area (Å²) in [7, 11) is 0. The first kappa shape index (κ1) is 10.9. The van der Waals surface area contributed by atoms with Gasteiger partial charge in [0, 0.05) is 12.6 Å². The number of nitrogens with zero attached hydrogens (tertiary/aromatic N) is 1. The molecule has 0 aromatic carbocycles. The summed E-state index contributed by atoms with van der Waals surface area (Å²) in [5.41, 5.74) is 0. The lowest BCUT2D eigenvalue weighted by Crippen LogP contribution is -2.50. The first-order valence-electron chi connectivity index (χ1n) is 5.81. The molecule has 2 heterocycles. The molecule has 1 N–H and O–H groups in total. The van der Waals surface area contributed by atoms with Crippen molar-refractivity contribution in [3.05, 3.63) is 0 Å². The smallest absolute Gasteiger partial charge is 0.227 e. The number of nitrogens with one attached hydrogen (secondary N) is 1. The van der Waals surface area contributed by atoms with E-state index in [4.69, 9.17) is 4.74 Å². The predicted octanol–water partition coefficient (Wildman–Crippen LogP) is 0.232. The van der Waals surface area contributed by atoms with Crippen LogP contribution in [-0.4, -0.2) is 49.2 Å². The molecule has 1 amide bonds. The van der Waals surface area contributed by atoms with Crippen LogP contribution < -0.4 is 5.32 Å². The van der Waals surface area contributed by atoms with E-state index in [2.05, 4.69) is 19.2 Å². The normalized spacial score (nSPS) is 36.9. The summed E-state index contributed by atoms with van der Waals surface area (Å²) in [6.07, 6.45) is 0.976. The minimum absolute atomic E-state index is 0.172. The lowest BCUT2D eigenvalue weighted by molar-refractivity contribution is -0.143. The zero-order valence-electron chi connectivity index (χ0n) is 9.53. The predicted molar refractivity (Wildman–Crippen MR) is 57.6 cm³/mol. The number of amides is 1. The molecule has 2 fully saturated rings. The monoisotopic (exact) mass is 212 g/mol. The average Bonchev–Trinajstić information content (AvgIpc) is 2.64. The van der Waals surface area contributed by atoms with Crippen molar-refractivity contribution in [3.8, 4) is 0 Å². The molecular formula is C11H20N2O2. The highest BCUT2D eigenvalue weighted by Crippen LogP contribution is 2.20. The third-order valence-electron chi connectivity index (χ3n) is 3.49. The Balaban J connectivity index is 1.99. The molecule has 2 aliphatic heterocycles. The summed E-state index contributed by atoms with van der Waals surface area (Å²) in [6.45, 7) is 7.25. The number of rotatable bonds is 1. The molecule has 0 aromatic heterocycles. The molecule has 4 nitrogen and oxygen atoms in total. The van der Waals surface area contributed by atoms with Gasteiger partial charge < -0.3 is 15.0 Å². The van der Waals surface area contributed by atoms with E-state index in [0.29, 0.717) is 25.2 Å². The number of carbonyl (C=O) groups excluding carboxylic acids is 1. The average molecular weight is 212 g/mol. The van der Waals surface area contributed by atoms with Crippen molar-refractivity contribution < 1.29 is 9.53 Å². The molecule has 0 bridgehead atoms. The van der Waals surface area contributed by atoms with Crippen LogP contribution in [-0.2, 0) is 9.53 Å². The molecule has 86 valence electrons. The molecule has 0 saturated carbocycles. The largest absolute Gasteiger partial charge is 0.377 e. The summed E-state index contributed by atoms with van der Waals surface area (Å²) in [5.74, 6) is 0.480. The molecular weight excluding hydrogens is 192 g/mol. The van der Waals surface area contributed by atoms with E-state index >= 15 is 0 Å². The number of hydrogen-bond acceptors (Lipinski definition) is 3. The van der Waals surface area contributed by atoms with Crippen molar-refractivity contribution in [2.75, 3.05) is 26.3 Å². The summed E-state index contributed by atoms with van der Waals surface area (Å²) in [4.78, 5) is 14.2. The summed E-state index contributed by atoms with van der Waals surface area (Å²) < 4.78 is 5.34. The number of carbonyl (C=O) groups is 1. The van der Waals surface area contributed by atoms with Crippen molar-refractivity contribution in [1.82, 2.24) is 10.2 Å². The van der Waals surface area contributed by atoms with Gasteiger partial charge in [-0.2, -0.15) is 0 Å². The highest BCUT2D eigenvalue weighted by atomic mass is 16.5. The number of hydrogen-bond donors (Lipinski definition) is 1. The van der Waals surface area contributed by atoms with E-state index in [1.54, 1.807) is 0 Å². The van der Waals surface area contributed by atoms with Crippen molar-refractivity contribution in [2.24, 2.45) is 5.92 Å². The van der Waals surface area contributed by atoms with E-state index in [1.807, 2.05) is 4.90 Å². The molecule has 15 heavy (non-hydrogen) atoms. The summed E-state index contributed by atoms with van der Waals surface area (Å²) in [6, 6.07) is 0.562. The second kappa shape index (κ2) is 4.49. The Morgan fingerprint density at radius 1 is 1.47 bits per heavy atom. The lowest BCUT2D eigenvalue weighted by Gasteiger charge is -2.35. The van der Waals surface area contributed by atoms with Gasteiger partial charge in [-0.15, -0.1) is 0 Å². The van der Waals surface area contributed by atoms with E-state index in [0.717, 1.165) is 19.5 Å². The molecule has 2 aliphatic rings. The number of morpholine rings is 1. The maximum atomic E-state index is 12.3. The molecule has 0 spiro atoms. The molecule has 0 aliphatic carbocycles. The van der Waals surface area contributed by atoms with Gasteiger partial charge in [-0.3, -0.25) is 4.79 Å². The Morgan fingerprint density at radius 3 is 2.87 bits per heavy atom. The van der Waals surface area contributed by atoms with Crippen molar-refractivity contribution in [2.45, 2.75) is 32.4 Å². The molecule has 0 aromatic rings. The van der Waals surface area contributed by atoms with Crippen LogP contribution in [0.15, 0.2) is 0 Å². The van der Waals surface area contributed by atoms with Gasteiger partial charge in [0.25, 0.3) is 0 Å². The van der Waals surface area contributed by atoms with Crippen LogP contribution in [0.25, 0.3) is 0 Å². The zero-order chi connectivity index (χ0) is 10.8. The molecule has 3 atom stereocenters. The third-order valence-corrected chi connectivity index (χ3v) is 3.49. The van der Waals surface area contributed by atoms with Crippen LogP contribution >= 0.6 is 0 Å². The van der Waals surface area contributed by atoms with Crippen LogP contribution in [0.1, 0.15) is 20.3 Å². The Kier molecular flexibility index (Phi) is 3.26. The van der Waals surface area contributed by atoms with E-state index in [9.17, 15) is 4.79 Å². The van der Waals surface area contributed by atoms with Crippen LogP contribution in [0.2, 0.25) is 0 Å². The minimum atomic E-state index is 0.172. The van der Waals surface area contributed by atoms with E-state index < -0.39 is 0 Å². The Labute approximate surface area is 91.0 Å². The van der Waals surface area contributed by atoms with E-state index in [-0.39, 0.29) is 12.0 Å². The van der Waals surface area contributed by atoms with Gasteiger partial charge >= 0.3 is 0 Å². The van der Waals surface area contributed by atoms with Crippen molar-refractivity contribution in [3.63, 3.8) is 0 Å². The van der Waals surface area contributed by atoms with Crippen LogP contribution in [0.3, 0.4) is 0 Å². The fourth-order valence-corrected chi connectivity index (χ4v) is 2.46. The van der Waals surface area contributed by atoms with Gasteiger partial charge in [0.05, 0.1) is 25.2 Å². The minimum Gasteiger partial charge on any atom is -0.377 e. The molecule has 0 radical (unpaired) electrons. The highest BCUT2D eigenvalue weighted by molar-refractivity contribution is 5.80. The fraction of sp³-hybridized carbons (Fsp3) is 0.909. The topological polar surface area (TPSA) is 41.6 Å². The van der Waals surface area contributed by atoms with Gasteiger partial charge in [-0.05, 0) is 26.8 Å². The first-order chi connectivity index (χ1) is 7.20. The highest BCUT2D eigenvalue weighted by Gasteiger charge is 2.35. The quantitative estimate of drug-likeness (QED) is 0.676. The van der Waals surface area contributed by atoms with Gasteiger partial charge in [0.1, 0.15) is 0 Å². The maximum Gasteiger partial charge on any atom is 0.227 e. The van der Waals surface area contributed by atoms with Gasteiger partial charge in [0.2, 0.25) is 5.91 Å². The van der Waals surface area contributed by atoms with Crippen molar-refractivity contribution in [1.29, 1.82) is 0 Å². The van der Waals surface area contributed by atoms with Crippen LogP contribution in [0.5, 0.6) is 0 Å². The Hall–Kier alpha value is -0.610. The third kappa shape index (κ3) is 2.16. The zero-order valence-corrected chi connectivity index (χ0v) is 9.53. The maximum absolute atomic E-state index is 12.3. The summed E-state index contributed by atoms with van der Waals surface area (Å²) >= 11 is 0. The van der Waals surface area contributed by atoms with Crippen LogP contribution in [0.4, 0.5) is 0 Å². The van der Waals surface area contributed by atoms with Gasteiger partial charge in [-0.25, -0.2) is 0 Å². The summed E-state index contributed by atoms with van der Waals surface area (Å²) in [5, 5.41) is 3.33. The SMILES string of the molecule is CC1NCCC1C(=O)N1CCOCC1C. The van der Waals surface area contributed by atoms with E-state index in [1.165, 1.54) is 0 Å². The molecule has 2 rings (SSSR count). The van der Waals surface area contributed by atoms with Gasteiger partial charge in [0.15, 0.2) is 0 Å². The fourth-order valence-electron chi connectivity index (χ4n) is 2.46. The second-order valence-electron chi connectivity index (χ2n) is 4.59.